The third-order valence-electron chi connectivity index (χ3n) is 3.83. The summed E-state index contributed by atoms with van der Waals surface area (Å²) in [5.41, 5.74) is -3.49. The van der Waals surface area contributed by atoms with E-state index in [-0.39, 0.29) is 21.8 Å². The fraction of sp³-hybridized carbons (Fsp3) is 0.176. The lowest BCUT2D eigenvalue weighted by molar-refractivity contribution is -0.297. The van der Waals surface area contributed by atoms with E-state index < -0.39 is 30.0 Å². The van der Waals surface area contributed by atoms with Crippen molar-refractivity contribution in [3.05, 3.63) is 71.5 Å². The average Bonchev–Trinajstić information content (AvgIpc) is 2.94. The Bertz CT molecular complexity index is 819. The summed E-state index contributed by atoms with van der Waals surface area (Å²) < 4.78 is 53.3. The summed E-state index contributed by atoms with van der Waals surface area (Å²) in [6.45, 7) is 0. The molecule has 8 heteroatoms. The van der Waals surface area contributed by atoms with Gasteiger partial charge < -0.3 is 5.11 Å². The molecule has 0 saturated carbocycles. The number of hydrogen-bond donors (Lipinski definition) is 1. The maximum atomic E-state index is 13.4. The molecule has 0 saturated heterocycles. The van der Waals surface area contributed by atoms with Crippen molar-refractivity contribution in [3.63, 3.8) is 0 Å². The Labute approximate surface area is 140 Å². The molecule has 25 heavy (non-hydrogen) atoms. The first-order valence-corrected chi connectivity index (χ1v) is 7.24. The first-order valence-electron chi connectivity index (χ1n) is 7.24. The Kier molecular flexibility index (Phi) is 4.08. The van der Waals surface area contributed by atoms with Crippen molar-refractivity contribution in [2.45, 2.75) is 18.3 Å². The minimum absolute atomic E-state index is 0.0427. The van der Waals surface area contributed by atoms with Gasteiger partial charge in [0.1, 0.15) is 5.82 Å². The lowest BCUT2D eigenvalue weighted by Gasteiger charge is -2.32. The number of rotatable bonds is 2. The molecular formula is C17H12F4N2O2. The van der Waals surface area contributed by atoms with Crippen LogP contribution in [0.15, 0.2) is 59.7 Å². The molecule has 4 nitrogen and oxygen atoms in total. The summed E-state index contributed by atoms with van der Waals surface area (Å²) in [6.07, 6.45) is -6.07. The number of benzene rings is 2. The van der Waals surface area contributed by atoms with Gasteiger partial charge in [0.25, 0.3) is 11.6 Å². The summed E-state index contributed by atoms with van der Waals surface area (Å²) >= 11 is 0. The normalized spacial score (nSPS) is 20.5. The molecule has 130 valence electrons. The van der Waals surface area contributed by atoms with Crippen LogP contribution in [0.3, 0.4) is 0 Å². The summed E-state index contributed by atoms with van der Waals surface area (Å²) in [6, 6.07) is 11.8. The zero-order chi connectivity index (χ0) is 18.2. The predicted molar refractivity (Wildman–Crippen MR) is 81.2 cm³/mol. The lowest BCUT2D eigenvalue weighted by Crippen LogP contribution is -2.56. The van der Waals surface area contributed by atoms with Crippen molar-refractivity contribution in [3.8, 4) is 0 Å². The SMILES string of the molecule is O=C(c1ccccc1)N1N=C(c2ccc(F)cc2)C[C@@]1(O)C(F)(F)F. The maximum absolute atomic E-state index is 13.4. The monoisotopic (exact) mass is 352 g/mol. The molecule has 1 aliphatic rings. The van der Waals surface area contributed by atoms with Crippen molar-refractivity contribution in [1.29, 1.82) is 0 Å². The topological polar surface area (TPSA) is 52.9 Å². The molecule has 0 radical (unpaired) electrons. The number of hydrogen-bond acceptors (Lipinski definition) is 3. The molecule has 1 N–H and O–H groups in total. The smallest absolute Gasteiger partial charge is 0.362 e. The van der Waals surface area contributed by atoms with Gasteiger partial charge in [-0.1, -0.05) is 30.3 Å². The predicted octanol–water partition coefficient (Wildman–Crippen LogP) is 3.33. The Morgan fingerprint density at radius 2 is 1.68 bits per heavy atom. The van der Waals surface area contributed by atoms with Gasteiger partial charge in [-0.2, -0.15) is 23.3 Å². The number of aliphatic hydroxyl groups is 1. The summed E-state index contributed by atoms with van der Waals surface area (Å²) in [5, 5.41) is 13.9. The number of nitrogens with zero attached hydrogens (tertiary/aromatic N) is 2. The molecule has 1 atom stereocenters. The van der Waals surface area contributed by atoms with Crippen LogP contribution in [0.25, 0.3) is 0 Å². The van der Waals surface area contributed by atoms with E-state index in [1.165, 1.54) is 36.4 Å². The standard InChI is InChI=1S/C17H12F4N2O2/c18-13-8-6-11(7-9-13)14-10-16(25,17(19,20)21)23(22-14)15(24)12-4-2-1-3-5-12/h1-9,25H,10H2/t16-/m1/s1. The highest BCUT2D eigenvalue weighted by molar-refractivity contribution is 6.05. The van der Waals surface area contributed by atoms with Crippen LogP contribution in [-0.2, 0) is 0 Å². The second-order valence-corrected chi connectivity index (χ2v) is 5.53. The van der Waals surface area contributed by atoms with E-state index in [1.54, 1.807) is 6.07 Å². The van der Waals surface area contributed by atoms with Crippen molar-refractivity contribution in [1.82, 2.24) is 5.01 Å². The summed E-state index contributed by atoms with van der Waals surface area (Å²) in [5.74, 6) is -1.65. The van der Waals surface area contributed by atoms with Crippen LogP contribution in [0.2, 0.25) is 0 Å². The third-order valence-corrected chi connectivity index (χ3v) is 3.83. The highest BCUT2D eigenvalue weighted by Gasteiger charge is 2.63. The van der Waals surface area contributed by atoms with Gasteiger partial charge in [0.15, 0.2) is 0 Å². The van der Waals surface area contributed by atoms with E-state index >= 15 is 0 Å². The molecule has 1 aliphatic heterocycles. The lowest BCUT2D eigenvalue weighted by atomic mass is 10.0. The number of alkyl halides is 3. The molecule has 3 rings (SSSR count). The zero-order valence-corrected chi connectivity index (χ0v) is 12.7. The maximum Gasteiger partial charge on any atom is 0.438 e. The van der Waals surface area contributed by atoms with Gasteiger partial charge in [-0.3, -0.25) is 4.79 Å². The van der Waals surface area contributed by atoms with Gasteiger partial charge in [0.2, 0.25) is 0 Å². The van der Waals surface area contributed by atoms with Crippen LogP contribution >= 0.6 is 0 Å². The number of carbonyl (C=O) groups is 1. The first-order chi connectivity index (χ1) is 11.7. The van der Waals surface area contributed by atoms with E-state index in [0.717, 1.165) is 12.1 Å². The number of carbonyl (C=O) groups excluding carboxylic acids is 1. The van der Waals surface area contributed by atoms with Gasteiger partial charge in [-0.05, 0) is 29.8 Å². The minimum Gasteiger partial charge on any atom is -0.362 e. The molecule has 0 bridgehead atoms. The Morgan fingerprint density at radius 3 is 2.24 bits per heavy atom. The van der Waals surface area contributed by atoms with Crippen LogP contribution in [0.5, 0.6) is 0 Å². The quantitative estimate of drug-likeness (QED) is 0.843. The average molecular weight is 352 g/mol. The fourth-order valence-electron chi connectivity index (χ4n) is 2.49. The number of halogens is 4. The van der Waals surface area contributed by atoms with E-state index in [0.29, 0.717) is 0 Å². The Balaban J connectivity index is 2.04. The highest BCUT2D eigenvalue weighted by atomic mass is 19.4. The Hall–Kier alpha value is -2.74. The number of hydrazone groups is 1. The van der Waals surface area contributed by atoms with Gasteiger partial charge >= 0.3 is 6.18 Å². The van der Waals surface area contributed by atoms with Crippen molar-refractivity contribution in [2.24, 2.45) is 5.10 Å². The molecular weight excluding hydrogens is 340 g/mol. The van der Waals surface area contributed by atoms with Crippen LogP contribution < -0.4 is 0 Å². The van der Waals surface area contributed by atoms with Gasteiger partial charge in [0, 0.05) is 5.56 Å². The van der Waals surface area contributed by atoms with E-state index in [2.05, 4.69) is 5.10 Å². The van der Waals surface area contributed by atoms with Crippen molar-refractivity contribution >= 4 is 11.6 Å². The molecule has 0 aromatic heterocycles. The first kappa shape index (κ1) is 17.1. The van der Waals surface area contributed by atoms with Gasteiger partial charge in [-0.15, -0.1) is 0 Å². The van der Waals surface area contributed by atoms with Crippen LogP contribution in [-0.4, -0.2) is 33.6 Å². The second kappa shape index (κ2) is 5.96. The molecule has 1 amide bonds. The molecule has 0 fully saturated rings. The third kappa shape index (κ3) is 3.00. The van der Waals surface area contributed by atoms with Gasteiger partial charge in [0.05, 0.1) is 12.1 Å². The van der Waals surface area contributed by atoms with E-state index in [9.17, 15) is 27.5 Å². The highest BCUT2D eigenvalue weighted by Crippen LogP contribution is 2.41. The summed E-state index contributed by atoms with van der Waals surface area (Å²) in [4.78, 5) is 12.4. The second-order valence-electron chi connectivity index (χ2n) is 5.53. The largest absolute Gasteiger partial charge is 0.438 e. The molecule has 0 aliphatic carbocycles. The minimum atomic E-state index is -5.12. The molecule has 0 unspecified atom stereocenters. The van der Waals surface area contributed by atoms with Gasteiger partial charge in [-0.25, -0.2) is 4.39 Å². The van der Waals surface area contributed by atoms with Crippen LogP contribution in [0.4, 0.5) is 17.6 Å². The van der Waals surface area contributed by atoms with Crippen molar-refractivity contribution in [2.75, 3.05) is 0 Å². The van der Waals surface area contributed by atoms with E-state index in [1.807, 2.05) is 0 Å². The molecule has 0 spiro atoms. The molecule has 2 aromatic carbocycles. The number of amides is 1. The van der Waals surface area contributed by atoms with Crippen LogP contribution in [0, 0.1) is 5.82 Å². The molecule has 1 heterocycles. The van der Waals surface area contributed by atoms with Crippen LogP contribution in [0.1, 0.15) is 22.3 Å². The summed E-state index contributed by atoms with van der Waals surface area (Å²) in [7, 11) is 0. The fourth-order valence-corrected chi connectivity index (χ4v) is 2.49. The Morgan fingerprint density at radius 1 is 1.08 bits per heavy atom. The molecule has 2 aromatic rings. The zero-order valence-electron chi connectivity index (χ0n) is 12.7. The van der Waals surface area contributed by atoms with Crippen molar-refractivity contribution < 1.29 is 27.5 Å². The van der Waals surface area contributed by atoms with E-state index in [4.69, 9.17) is 0 Å².